The van der Waals surface area contributed by atoms with E-state index >= 15 is 0 Å². The van der Waals surface area contributed by atoms with Crippen LogP contribution in [0.25, 0.3) is 10.9 Å². The summed E-state index contributed by atoms with van der Waals surface area (Å²) in [6.07, 6.45) is 5.04. The van der Waals surface area contributed by atoms with Gasteiger partial charge in [-0.25, -0.2) is 0 Å². The van der Waals surface area contributed by atoms with Crippen molar-refractivity contribution < 1.29 is 4.79 Å². The SMILES string of the molecule is NC[C@H]1CCC[C@H]1C(=O)Nc1ccc2[nH]ccc2c1. The van der Waals surface area contributed by atoms with E-state index in [-0.39, 0.29) is 11.8 Å². The van der Waals surface area contributed by atoms with Crippen LogP contribution in [0.2, 0.25) is 0 Å². The van der Waals surface area contributed by atoms with E-state index in [0.29, 0.717) is 12.5 Å². The third-order valence-electron chi connectivity index (χ3n) is 4.12. The highest BCUT2D eigenvalue weighted by Gasteiger charge is 2.31. The van der Waals surface area contributed by atoms with E-state index in [9.17, 15) is 4.79 Å². The number of rotatable bonds is 3. The molecule has 1 amide bonds. The molecule has 1 aliphatic rings. The number of nitrogens with one attached hydrogen (secondary N) is 2. The smallest absolute Gasteiger partial charge is 0.227 e. The number of hydrogen-bond donors (Lipinski definition) is 3. The van der Waals surface area contributed by atoms with E-state index < -0.39 is 0 Å². The van der Waals surface area contributed by atoms with Crippen molar-refractivity contribution in [1.82, 2.24) is 4.98 Å². The minimum Gasteiger partial charge on any atom is -0.361 e. The Kier molecular flexibility index (Phi) is 3.25. The Labute approximate surface area is 112 Å². The lowest BCUT2D eigenvalue weighted by Crippen LogP contribution is -2.29. The maximum absolute atomic E-state index is 12.3. The fraction of sp³-hybridized carbons (Fsp3) is 0.400. The molecule has 0 saturated heterocycles. The maximum atomic E-state index is 12.3. The Morgan fingerprint density at radius 1 is 1.37 bits per heavy atom. The van der Waals surface area contributed by atoms with Gasteiger partial charge in [0.25, 0.3) is 0 Å². The molecule has 1 heterocycles. The molecule has 2 atom stereocenters. The lowest BCUT2D eigenvalue weighted by Gasteiger charge is -2.17. The highest BCUT2D eigenvalue weighted by molar-refractivity contribution is 5.95. The summed E-state index contributed by atoms with van der Waals surface area (Å²) in [5.74, 6) is 0.533. The van der Waals surface area contributed by atoms with Crippen molar-refractivity contribution in [2.24, 2.45) is 17.6 Å². The standard InChI is InChI=1S/C15H19N3O/c16-9-11-2-1-3-13(11)15(19)18-12-4-5-14-10(8-12)6-7-17-14/h4-8,11,13,17H,1-3,9,16H2,(H,18,19)/t11-,13-/m1/s1. The zero-order chi connectivity index (χ0) is 13.2. The normalized spacial score (nSPS) is 22.8. The van der Waals surface area contributed by atoms with E-state index in [1.54, 1.807) is 0 Å². The van der Waals surface area contributed by atoms with Gasteiger partial charge in [0.1, 0.15) is 0 Å². The highest BCUT2D eigenvalue weighted by Crippen LogP contribution is 2.32. The molecule has 4 nitrogen and oxygen atoms in total. The summed E-state index contributed by atoms with van der Waals surface area (Å²) in [5, 5.41) is 4.13. The third-order valence-corrected chi connectivity index (χ3v) is 4.12. The molecule has 0 spiro atoms. The van der Waals surface area contributed by atoms with Crippen LogP contribution in [0, 0.1) is 11.8 Å². The molecule has 1 aromatic carbocycles. The molecule has 3 rings (SSSR count). The molecule has 1 fully saturated rings. The van der Waals surface area contributed by atoms with Crippen molar-refractivity contribution in [3.05, 3.63) is 30.5 Å². The van der Waals surface area contributed by atoms with Crippen LogP contribution in [0.3, 0.4) is 0 Å². The summed E-state index contributed by atoms with van der Waals surface area (Å²) >= 11 is 0. The van der Waals surface area contributed by atoms with Gasteiger partial charge in [0, 0.05) is 28.7 Å². The lowest BCUT2D eigenvalue weighted by molar-refractivity contribution is -0.120. The van der Waals surface area contributed by atoms with Crippen LogP contribution in [0.15, 0.2) is 30.5 Å². The summed E-state index contributed by atoms with van der Waals surface area (Å²) in [6, 6.07) is 7.92. The Balaban J connectivity index is 1.74. The molecule has 0 bridgehead atoms. The van der Waals surface area contributed by atoms with Crippen molar-refractivity contribution in [1.29, 1.82) is 0 Å². The first-order valence-electron chi connectivity index (χ1n) is 6.86. The van der Waals surface area contributed by atoms with Crippen LogP contribution in [-0.4, -0.2) is 17.4 Å². The zero-order valence-electron chi connectivity index (χ0n) is 10.9. The molecule has 4 heteroatoms. The quantitative estimate of drug-likeness (QED) is 0.790. The van der Waals surface area contributed by atoms with Gasteiger partial charge < -0.3 is 16.0 Å². The summed E-state index contributed by atoms with van der Waals surface area (Å²) in [6.45, 7) is 0.606. The Bertz CT molecular complexity index is 590. The van der Waals surface area contributed by atoms with Gasteiger partial charge in [-0.05, 0) is 49.6 Å². The molecule has 1 aromatic heterocycles. The van der Waals surface area contributed by atoms with Gasteiger partial charge >= 0.3 is 0 Å². The highest BCUT2D eigenvalue weighted by atomic mass is 16.1. The number of aromatic amines is 1. The second-order valence-corrected chi connectivity index (χ2v) is 5.30. The largest absolute Gasteiger partial charge is 0.361 e. The minimum atomic E-state index is 0.0759. The average molecular weight is 257 g/mol. The first-order chi connectivity index (χ1) is 9.28. The number of nitrogens with two attached hydrogens (primary N) is 1. The van der Waals surface area contributed by atoms with Gasteiger partial charge in [-0.2, -0.15) is 0 Å². The number of amides is 1. The van der Waals surface area contributed by atoms with Crippen LogP contribution in [0.1, 0.15) is 19.3 Å². The van der Waals surface area contributed by atoms with Crippen molar-refractivity contribution >= 4 is 22.5 Å². The molecule has 0 aliphatic heterocycles. The summed E-state index contributed by atoms with van der Waals surface area (Å²) < 4.78 is 0. The van der Waals surface area contributed by atoms with E-state index in [1.165, 1.54) is 0 Å². The molecule has 0 radical (unpaired) electrons. The van der Waals surface area contributed by atoms with Gasteiger partial charge in [-0.15, -0.1) is 0 Å². The first kappa shape index (κ1) is 12.2. The van der Waals surface area contributed by atoms with Crippen molar-refractivity contribution in [2.75, 3.05) is 11.9 Å². The molecule has 0 unspecified atom stereocenters. The Hall–Kier alpha value is -1.81. The zero-order valence-corrected chi connectivity index (χ0v) is 10.9. The molecule has 100 valence electrons. The van der Waals surface area contributed by atoms with E-state index in [1.807, 2.05) is 30.5 Å². The molecular weight excluding hydrogens is 238 g/mol. The van der Waals surface area contributed by atoms with Gasteiger partial charge in [0.15, 0.2) is 0 Å². The molecule has 1 aliphatic carbocycles. The molecule has 2 aromatic rings. The number of carbonyl (C=O) groups is 1. The number of H-pyrrole nitrogens is 1. The summed E-state index contributed by atoms with van der Waals surface area (Å²) in [5.41, 5.74) is 7.67. The van der Waals surface area contributed by atoms with Crippen molar-refractivity contribution in [3.63, 3.8) is 0 Å². The maximum Gasteiger partial charge on any atom is 0.227 e. The van der Waals surface area contributed by atoms with E-state index in [4.69, 9.17) is 5.73 Å². The van der Waals surface area contributed by atoms with Crippen LogP contribution < -0.4 is 11.1 Å². The minimum absolute atomic E-state index is 0.0759. The van der Waals surface area contributed by atoms with Crippen LogP contribution in [-0.2, 0) is 4.79 Å². The predicted molar refractivity (Wildman–Crippen MR) is 76.8 cm³/mol. The third kappa shape index (κ3) is 2.36. The monoisotopic (exact) mass is 257 g/mol. The van der Waals surface area contributed by atoms with Gasteiger partial charge in [-0.3, -0.25) is 4.79 Å². The molecule has 1 saturated carbocycles. The number of fused-ring (bicyclic) bond motifs is 1. The van der Waals surface area contributed by atoms with Crippen LogP contribution >= 0.6 is 0 Å². The summed E-state index contributed by atoms with van der Waals surface area (Å²) in [4.78, 5) is 15.4. The van der Waals surface area contributed by atoms with Gasteiger partial charge in [0.05, 0.1) is 0 Å². The summed E-state index contributed by atoms with van der Waals surface area (Å²) in [7, 11) is 0. The van der Waals surface area contributed by atoms with E-state index in [2.05, 4.69) is 10.3 Å². The van der Waals surface area contributed by atoms with Crippen LogP contribution in [0.5, 0.6) is 0 Å². The molecule has 4 N–H and O–H groups in total. The molecular formula is C15H19N3O. The predicted octanol–water partition coefficient (Wildman–Crippen LogP) is 2.48. The second kappa shape index (κ2) is 5.05. The van der Waals surface area contributed by atoms with Crippen molar-refractivity contribution in [3.8, 4) is 0 Å². The number of aromatic nitrogens is 1. The molecule has 19 heavy (non-hydrogen) atoms. The topological polar surface area (TPSA) is 70.9 Å². The van der Waals surface area contributed by atoms with Gasteiger partial charge in [-0.1, -0.05) is 6.42 Å². The van der Waals surface area contributed by atoms with E-state index in [0.717, 1.165) is 35.9 Å². The average Bonchev–Trinajstić information content (AvgIpc) is 3.06. The Morgan fingerprint density at radius 3 is 3.11 bits per heavy atom. The first-order valence-corrected chi connectivity index (χ1v) is 6.86. The van der Waals surface area contributed by atoms with Gasteiger partial charge in [0.2, 0.25) is 5.91 Å². The second-order valence-electron chi connectivity index (χ2n) is 5.30. The number of hydrogen-bond acceptors (Lipinski definition) is 2. The lowest BCUT2D eigenvalue weighted by atomic mass is 9.95. The fourth-order valence-corrected chi connectivity index (χ4v) is 3.03. The van der Waals surface area contributed by atoms with Crippen LogP contribution in [0.4, 0.5) is 5.69 Å². The number of anilines is 1. The Morgan fingerprint density at radius 2 is 2.26 bits per heavy atom. The number of benzene rings is 1. The number of carbonyl (C=O) groups excluding carboxylic acids is 1. The van der Waals surface area contributed by atoms with Crippen molar-refractivity contribution in [2.45, 2.75) is 19.3 Å². The fourth-order valence-electron chi connectivity index (χ4n) is 3.03.